The third-order valence-corrected chi connectivity index (χ3v) is 6.83. The first-order valence-electron chi connectivity index (χ1n) is 9.91. The summed E-state index contributed by atoms with van der Waals surface area (Å²) >= 11 is 13.3. The average molecular weight is 483 g/mol. The monoisotopic (exact) mass is 482 g/mol. The lowest BCUT2D eigenvalue weighted by Crippen LogP contribution is -2.33. The molecule has 0 aromatic heterocycles. The number of anilines is 2. The maximum Gasteiger partial charge on any atom is 0.283 e. The van der Waals surface area contributed by atoms with Crippen molar-refractivity contribution in [3.63, 3.8) is 0 Å². The summed E-state index contributed by atoms with van der Waals surface area (Å²) in [4.78, 5) is 29.3. The molecule has 0 saturated heterocycles. The van der Waals surface area contributed by atoms with Crippen LogP contribution in [0.2, 0.25) is 10.0 Å². The largest absolute Gasteiger partial charge is 0.350 e. The lowest BCUT2D eigenvalue weighted by atomic mass is 10.1. The summed E-state index contributed by atoms with van der Waals surface area (Å²) in [7, 11) is 0. The number of carbonyl (C=O) groups excluding carboxylic acids is 2. The molecular formula is C25H20Cl2N2O2S. The van der Waals surface area contributed by atoms with Gasteiger partial charge < -0.3 is 5.32 Å². The van der Waals surface area contributed by atoms with Crippen LogP contribution in [-0.4, -0.2) is 11.8 Å². The van der Waals surface area contributed by atoms with Crippen LogP contribution in [0, 0.1) is 20.8 Å². The molecule has 0 spiro atoms. The van der Waals surface area contributed by atoms with Crippen molar-refractivity contribution >= 4 is 58.2 Å². The lowest BCUT2D eigenvalue weighted by Gasteiger charge is -2.18. The van der Waals surface area contributed by atoms with Crippen LogP contribution in [0.3, 0.4) is 0 Å². The van der Waals surface area contributed by atoms with Gasteiger partial charge in [0.05, 0.1) is 5.69 Å². The van der Waals surface area contributed by atoms with Crippen LogP contribution in [0.25, 0.3) is 0 Å². The number of halogens is 2. The summed E-state index contributed by atoms with van der Waals surface area (Å²) in [6, 6.07) is 18.1. The molecule has 1 heterocycles. The van der Waals surface area contributed by atoms with Gasteiger partial charge in [-0.2, -0.15) is 0 Å². The van der Waals surface area contributed by atoms with Crippen LogP contribution in [-0.2, 0) is 9.59 Å². The molecule has 162 valence electrons. The fourth-order valence-corrected chi connectivity index (χ4v) is 4.67. The summed E-state index contributed by atoms with van der Waals surface area (Å²) in [6.07, 6.45) is 0. The Balaban J connectivity index is 1.77. The summed E-state index contributed by atoms with van der Waals surface area (Å²) in [6.45, 7) is 5.85. The minimum absolute atomic E-state index is 0.243. The predicted molar refractivity (Wildman–Crippen MR) is 133 cm³/mol. The number of thioether (sulfide) groups is 1. The highest BCUT2D eigenvalue weighted by Crippen LogP contribution is 2.39. The van der Waals surface area contributed by atoms with Gasteiger partial charge in [0.2, 0.25) is 0 Å². The highest BCUT2D eigenvalue weighted by Gasteiger charge is 2.40. The molecule has 1 aliphatic heterocycles. The number of rotatable bonds is 5. The van der Waals surface area contributed by atoms with Gasteiger partial charge in [-0.05, 0) is 92.1 Å². The van der Waals surface area contributed by atoms with Crippen molar-refractivity contribution in [1.29, 1.82) is 0 Å². The van der Waals surface area contributed by atoms with Gasteiger partial charge in [-0.1, -0.05) is 41.0 Å². The van der Waals surface area contributed by atoms with Crippen molar-refractivity contribution in [2.45, 2.75) is 25.7 Å². The smallest absolute Gasteiger partial charge is 0.283 e. The van der Waals surface area contributed by atoms with Crippen LogP contribution in [0.5, 0.6) is 0 Å². The van der Waals surface area contributed by atoms with Gasteiger partial charge >= 0.3 is 0 Å². The molecule has 1 N–H and O–H groups in total. The zero-order valence-electron chi connectivity index (χ0n) is 17.7. The van der Waals surface area contributed by atoms with E-state index in [1.165, 1.54) is 16.7 Å². The maximum absolute atomic E-state index is 13.5. The molecular weight excluding hydrogens is 463 g/mol. The normalized spacial score (nSPS) is 13.8. The zero-order valence-corrected chi connectivity index (χ0v) is 20.0. The Morgan fingerprint density at radius 3 is 2.09 bits per heavy atom. The van der Waals surface area contributed by atoms with E-state index in [-0.39, 0.29) is 11.6 Å². The van der Waals surface area contributed by atoms with Gasteiger partial charge in [0, 0.05) is 20.6 Å². The van der Waals surface area contributed by atoms with Crippen LogP contribution in [0.15, 0.2) is 76.2 Å². The molecule has 4 rings (SSSR count). The van der Waals surface area contributed by atoms with Crippen molar-refractivity contribution in [3.05, 3.63) is 98.0 Å². The van der Waals surface area contributed by atoms with Crippen molar-refractivity contribution < 1.29 is 9.59 Å². The third-order valence-electron chi connectivity index (χ3n) is 5.25. The van der Waals surface area contributed by atoms with E-state index in [9.17, 15) is 9.59 Å². The van der Waals surface area contributed by atoms with E-state index in [0.29, 0.717) is 20.6 Å². The number of amides is 2. The first kappa shape index (κ1) is 22.5. The first-order chi connectivity index (χ1) is 15.2. The Labute approximate surface area is 201 Å². The van der Waals surface area contributed by atoms with E-state index in [1.807, 2.05) is 51.1 Å². The van der Waals surface area contributed by atoms with Crippen LogP contribution in [0.4, 0.5) is 11.4 Å². The van der Waals surface area contributed by atoms with Gasteiger partial charge in [0.25, 0.3) is 11.8 Å². The number of hydrogen-bond donors (Lipinski definition) is 1. The van der Waals surface area contributed by atoms with Crippen LogP contribution in [0.1, 0.15) is 16.7 Å². The second kappa shape index (κ2) is 9.02. The fourth-order valence-electron chi connectivity index (χ4n) is 3.39. The van der Waals surface area contributed by atoms with E-state index < -0.39 is 5.91 Å². The molecule has 7 heteroatoms. The summed E-state index contributed by atoms with van der Waals surface area (Å²) in [5.41, 5.74) is 4.47. The van der Waals surface area contributed by atoms with Crippen molar-refractivity contribution in [3.8, 4) is 0 Å². The van der Waals surface area contributed by atoms with Crippen LogP contribution < -0.4 is 10.2 Å². The average Bonchev–Trinajstić information content (AvgIpc) is 2.97. The molecule has 0 radical (unpaired) electrons. The molecule has 0 bridgehead atoms. The predicted octanol–water partition coefficient (Wildman–Crippen LogP) is 6.91. The molecule has 4 nitrogen and oxygen atoms in total. The van der Waals surface area contributed by atoms with E-state index in [0.717, 1.165) is 27.3 Å². The molecule has 32 heavy (non-hydrogen) atoms. The zero-order chi connectivity index (χ0) is 23.0. The van der Waals surface area contributed by atoms with Gasteiger partial charge in [0.15, 0.2) is 0 Å². The van der Waals surface area contributed by atoms with E-state index in [1.54, 1.807) is 30.3 Å². The Morgan fingerprint density at radius 1 is 0.750 bits per heavy atom. The third kappa shape index (κ3) is 4.42. The number of nitrogens with one attached hydrogen (secondary N) is 1. The summed E-state index contributed by atoms with van der Waals surface area (Å²) < 4.78 is 0. The van der Waals surface area contributed by atoms with E-state index in [2.05, 4.69) is 5.32 Å². The number of hydrogen-bond acceptors (Lipinski definition) is 4. The Morgan fingerprint density at radius 2 is 1.44 bits per heavy atom. The number of imide groups is 1. The molecule has 1 aliphatic rings. The van der Waals surface area contributed by atoms with Gasteiger partial charge in [-0.15, -0.1) is 0 Å². The number of carbonyl (C=O) groups is 2. The second-order valence-corrected chi connectivity index (χ2v) is 9.52. The summed E-state index contributed by atoms with van der Waals surface area (Å²) in [5, 5.41) is 4.34. The topological polar surface area (TPSA) is 49.4 Å². The molecule has 3 aromatic carbocycles. The standard InChI is InChI=1S/C25H20Cl2N2O2S/c1-14-4-8-19(13-15(14)2)28-22-23(32-20-9-5-17(26)6-10-20)25(31)29(24(22)30)21-11-7-18(27)12-16(21)3/h4-13,28H,1-3H3. The molecule has 3 aromatic rings. The first-order valence-corrected chi connectivity index (χ1v) is 11.5. The molecule has 0 fully saturated rings. The summed E-state index contributed by atoms with van der Waals surface area (Å²) in [5.74, 6) is -0.790. The Kier molecular flexibility index (Phi) is 6.33. The van der Waals surface area contributed by atoms with Crippen molar-refractivity contribution in [2.24, 2.45) is 0 Å². The maximum atomic E-state index is 13.5. The van der Waals surface area contributed by atoms with Gasteiger partial charge in [-0.3, -0.25) is 9.59 Å². The number of benzene rings is 3. The van der Waals surface area contributed by atoms with E-state index in [4.69, 9.17) is 23.2 Å². The number of nitrogens with zero attached hydrogens (tertiary/aromatic N) is 1. The minimum Gasteiger partial charge on any atom is -0.350 e. The SMILES string of the molecule is Cc1ccc(NC2=C(Sc3ccc(Cl)cc3)C(=O)N(c3ccc(Cl)cc3C)C2=O)cc1C. The minimum atomic E-state index is -0.407. The van der Waals surface area contributed by atoms with E-state index >= 15 is 0 Å². The highest BCUT2D eigenvalue weighted by molar-refractivity contribution is 8.04. The van der Waals surface area contributed by atoms with Crippen molar-refractivity contribution in [2.75, 3.05) is 10.2 Å². The van der Waals surface area contributed by atoms with Crippen molar-refractivity contribution in [1.82, 2.24) is 0 Å². The molecule has 0 atom stereocenters. The second-order valence-electron chi connectivity index (χ2n) is 7.56. The number of aryl methyl sites for hydroxylation is 3. The Hall–Kier alpha value is -2.73. The van der Waals surface area contributed by atoms with Crippen LogP contribution >= 0.6 is 35.0 Å². The quantitative estimate of drug-likeness (QED) is 0.401. The molecule has 0 aliphatic carbocycles. The molecule has 0 unspecified atom stereocenters. The molecule has 0 saturated carbocycles. The van der Waals surface area contributed by atoms with Gasteiger partial charge in [0.1, 0.15) is 10.6 Å². The molecule has 2 amide bonds. The fraction of sp³-hybridized carbons (Fsp3) is 0.120. The Bertz CT molecular complexity index is 1270. The highest BCUT2D eigenvalue weighted by atomic mass is 35.5. The lowest BCUT2D eigenvalue weighted by molar-refractivity contribution is -0.120. The van der Waals surface area contributed by atoms with Gasteiger partial charge in [-0.25, -0.2) is 4.90 Å².